The molecular weight excluding hydrogens is 168 g/mol. The molecule has 0 N–H and O–H groups in total. The Hall–Kier alpha value is 0. The van der Waals surface area contributed by atoms with Crippen molar-refractivity contribution in [3.8, 4) is 0 Å². The molecule has 4 bridgehead atoms. The minimum atomic E-state index is 1.13. The standard InChI is InChI=1S/C14H24/c1-3-11-5-2-6-12(4-1)14-9-7-13(11)8-10-14/h11-14H,1-10H2. The predicted molar refractivity (Wildman–Crippen MR) is 60.1 cm³/mol. The minimum absolute atomic E-state index is 1.13. The van der Waals surface area contributed by atoms with E-state index in [0.717, 1.165) is 23.7 Å². The van der Waals surface area contributed by atoms with Gasteiger partial charge in [0.25, 0.3) is 0 Å². The van der Waals surface area contributed by atoms with Crippen LogP contribution in [-0.2, 0) is 0 Å². The van der Waals surface area contributed by atoms with Gasteiger partial charge in [-0.3, -0.25) is 0 Å². The molecule has 6 aliphatic carbocycles. The van der Waals surface area contributed by atoms with Gasteiger partial charge in [-0.15, -0.1) is 0 Å². The molecule has 0 aromatic carbocycles. The molecule has 0 unspecified atom stereocenters. The van der Waals surface area contributed by atoms with Crippen LogP contribution in [0.2, 0.25) is 0 Å². The van der Waals surface area contributed by atoms with E-state index in [4.69, 9.17) is 0 Å². The number of hydrogen-bond acceptors (Lipinski definition) is 0. The lowest BCUT2D eigenvalue weighted by Gasteiger charge is -2.32. The first-order valence-corrected chi connectivity index (χ1v) is 6.93. The molecule has 0 amide bonds. The van der Waals surface area contributed by atoms with Crippen LogP contribution in [0.4, 0.5) is 0 Å². The van der Waals surface area contributed by atoms with Gasteiger partial charge in [-0.2, -0.15) is 0 Å². The summed E-state index contributed by atoms with van der Waals surface area (Å²) < 4.78 is 0. The third-order valence-electron chi connectivity index (χ3n) is 5.45. The molecule has 0 heteroatoms. The van der Waals surface area contributed by atoms with Gasteiger partial charge in [0, 0.05) is 0 Å². The van der Waals surface area contributed by atoms with Crippen LogP contribution in [-0.4, -0.2) is 0 Å². The molecule has 0 heterocycles. The van der Waals surface area contributed by atoms with Crippen LogP contribution >= 0.6 is 0 Å². The zero-order valence-corrected chi connectivity index (χ0v) is 9.38. The fourth-order valence-electron chi connectivity index (χ4n) is 4.60. The Morgan fingerprint density at radius 2 is 0.643 bits per heavy atom. The molecule has 0 saturated heterocycles. The maximum Gasteiger partial charge on any atom is -0.0386 e. The summed E-state index contributed by atoms with van der Waals surface area (Å²) in [6, 6.07) is 0. The highest BCUT2D eigenvalue weighted by molar-refractivity contribution is 4.86. The van der Waals surface area contributed by atoms with Crippen LogP contribution < -0.4 is 0 Å². The predicted octanol–water partition coefficient (Wildman–Crippen LogP) is 4.39. The molecule has 0 spiro atoms. The van der Waals surface area contributed by atoms with Gasteiger partial charge in [-0.25, -0.2) is 0 Å². The summed E-state index contributed by atoms with van der Waals surface area (Å²) in [6.07, 6.45) is 15.8. The van der Waals surface area contributed by atoms with Gasteiger partial charge in [0.1, 0.15) is 0 Å². The van der Waals surface area contributed by atoms with Crippen molar-refractivity contribution in [2.45, 2.75) is 64.2 Å². The van der Waals surface area contributed by atoms with Gasteiger partial charge in [-0.05, 0) is 49.4 Å². The van der Waals surface area contributed by atoms with E-state index in [9.17, 15) is 0 Å². The first-order valence-electron chi connectivity index (χ1n) is 6.93. The van der Waals surface area contributed by atoms with Crippen molar-refractivity contribution in [1.82, 2.24) is 0 Å². The third-order valence-corrected chi connectivity index (χ3v) is 5.45. The van der Waals surface area contributed by atoms with E-state index in [2.05, 4.69) is 0 Å². The molecule has 0 atom stereocenters. The monoisotopic (exact) mass is 192 g/mol. The summed E-state index contributed by atoms with van der Waals surface area (Å²) in [5, 5.41) is 0. The molecule has 6 saturated carbocycles. The quantitative estimate of drug-likeness (QED) is 0.534. The highest BCUT2D eigenvalue weighted by Crippen LogP contribution is 2.47. The Morgan fingerprint density at radius 3 is 1.00 bits per heavy atom. The highest BCUT2D eigenvalue weighted by Gasteiger charge is 2.34. The Labute approximate surface area is 88.5 Å². The molecule has 6 fully saturated rings. The lowest BCUT2D eigenvalue weighted by atomic mass is 9.73. The van der Waals surface area contributed by atoms with Gasteiger partial charge in [0.2, 0.25) is 0 Å². The molecule has 6 aliphatic rings. The van der Waals surface area contributed by atoms with Crippen molar-refractivity contribution in [3.05, 3.63) is 0 Å². The van der Waals surface area contributed by atoms with E-state index in [1.165, 1.54) is 0 Å². The van der Waals surface area contributed by atoms with E-state index in [0.29, 0.717) is 0 Å². The summed E-state index contributed by atoms with van der Waals surface area (Å²) in [5.41, 5.74) is 0. The molecule has 6 rings (SSSR count). The van der Waals surface area contributed by atoms with Gasteiger partial charge in [0.15, 0.2) is 0 Å². The number of rotatable bonds is 0. The zero-order valence-electron chi connectivity index (χ0n) is 9.38. The third kappa shape index (κ3) is 1.61. The van der Waals surface area contributed by atoms with Gasteiger partial charge in [0.05, 0.1) is 0 Å². The van der Waals surface area contributed by atoms with E-state index in [1.807, 2.05) is 0 Å². The summed E-state index contributed by atoms with van der Waals surface area (Å²) in [6.45, 7) is 0. The van der Waals surface area contributed by atoms with Crippen molar-refractivity contribution in [2.75, 3.05) is 0 Å². The van der Waals surface area contributed by atoms with Crippen molar-refractivity contribution >= 4 is 0 Å². The van der Waals surface area contributed by atoms with Gasteiger partial charge < -0.3 is 0 Å². The summed E-state index contributed by atoms with van der Waals surface area (Å²) in [4.78, 5) is 0. The van der Waals surface area contributed by atoms with Crippen molar-refractivity contribution < 1.29 is 0 Å². The van der Waals surface area contributed by atoms with Crippen molar-refractivity contribution in [3.63, 3.8) is 0 Å². The first kappa shape index (κ1) is 9.24. The largest absolute Gasteiger partial charge is 0.0528 e. The number of hydrogen-bond donors (Lipinski definition) is 0. The van der Waals surface area contributed by atoms with Gasteiger partial charge in [-0.1, -0.05) is 38.5 Å². The Balaban J connectivity index is 1.86. The van der Waals surface area contributed by atoms with Crippen molar-refractivity contribution in [2.24, 2.45) is 23.7 Å². The van der Waals surface area contributed by atoms with Crippen LogP contribution in [0, 0.1) is 23.7 Å². The average molecular weight is 192 g/mol. The smallest absolute Gasteiger partial charge is 0.0386 e. The second-order valence-electron chi connectivity index (χ2n) is 6.06. The molecule has 0 aliphatic heterocycles. The summed E-state index contributed by atoms with van der Waals surface area (Å²) in [7, 11) is 0. The van der Waals surface area contributed by atoms with E-state index >= 15 is 0 Å². The Bertz CT molecular complexity index is 158. The normalized spacial score (nSPS) is 48.0. The molecule has 0 aromatic rings. The Kier molecular flexibility index (Phi) is 2.55. The van der Waals surface area contributed by atoms with E-state index in [1.54, 1.807) is 64.2 Å². The average Bonchev–Trinajstić information content (AvgIpc) is 2.37. The van der Waals surface area contributed by atoms with Crippen LogP contribution in [0.3, 0.4) is 0 Å². The lowest BCUT2D eigenvalue weighted by Crippen LogP contribution is -2.21. The minimum Gasteiger partial charge on any atom is -0.0528 e. The van der Waals surface area contributed by atoms with Crippen LogP contribution in [0.25, 0.3) is 0 Å². The lowest BCUT2D eigenvalue weighted by molar-refractivity contribution is 0.189. The fourth-order valence-corrected chi connectivity index (χ4v) is 4.60. The zero-order chi connectivity index (χ0) is 9.38. The topological polar surface area (TPSA) is 0 Å². The Morgan fingerprint density at radius 1 is 0.357 bits per heavy atom. The second kappa shape index (κ2) is 3.87. The highest BCUT2D eigenvalue weighted by atomic mass is 14.4. The molecule has 0 radical (unpaired) electrons. The second-order valence-corrected chi connectivity index (χ2v) is 6.06. The molecule has 0 nitrogen and oxygen atoms in total. The molecular formula is C14H24. The van der Waals surface area contributed by atoms with Crippen LogP contribution in [0.1, 0.15) is 64.2 Å². The SMILES string of the molecule is C1CC2CCCC(C1)C1CCC2CC1. The fraction of sp³-hybridized carbons (Fsp3) is 1.00. The van der Waals surface area contributed by atoms with E-state index < -0.39 is 0 Å². The maximum absolute atomic E-state index is 1.59. The molecule has 80 valence electrons. The van der Waals surface area contributed by atoms with Crippen molar-refractivity contribution in [1.29, 1.82) is 0 Å². The first-order chi connectivity index (χ1) is 6.93. The van der Waals surface area contributed by atoms with Crippen LogP contribution in [0.5, 0.6) is 0 Å². The maximum atomic E-state index is 1.59. The van der Waals surface area contributed by atoms with E-state index in [-0.39, 0.29) is 0 Å². The van der Waals surface area contributed by atoms with Gasteiger partial charge >= 0.3 is 0 Å². The molecule has 0 aromatic heterocycles. The molecule has 14 heavy (non-hydrogen) atoms. The van der Waals surface area contributed by atoms with Crippen LogP contribution in [0.15, 0.2) is 0 Å². The summed E-state index contributed by atoms with van der Waals surface area (Å²) in [5.74, 6) is 4.55. The summed E-state index contributed by atoms with van der Waals surface area (Å²) >= 11 is 0.